The first kappa shape index (κ1) is 22.8. The molecule has 8 nitrogen and oxygen atoms in total. The van der Waals surface area contributed by atoms with Crippen molar-refractivity contribution in [2.24, 2.45) is 10.2 Å². The highest BCUT2D eigenvalue weighted by atomic mass is 35.5. The Hall–Kier alpha value is -3.40. The second-order valence-corrected chi connectivity index (χ2v) is 8.17. The Labute approximate surface area is 203 Å². The van der Waals surface area contributed by atoms with Crippen LogP contribution in [-0.2, 0) is 17.9 Å². The van der Waals surface area contributed by atoms with Crippen LogP contribution in [0.1, 0.15) is 5.76 Å². The van der Waals surface area contributed by atoms with E-state index in [1.54, 1.807) is 60.9 Å². The largest absolute Gasteiger partial charge is 0.493 e. The standard InChI is InChI=1S/C22H17Cl2N5O3S/c23-13-3-6-15(7-4-13)26-19(30)12-29-18-8-5-14(24)10-17(18)20(21(29)31)27-28-22(33)25-11-16-2-1-9-32-16/h1-10,31H,11-12H2,(H,25,33)(H,26,30). The number of benzene rings is 2. The van der Waals surface area contributed by atoms with Crippen molar-refractivity contribution in [1.82, 2.24) is 9.88 Å². The number of furan rings is 1. The Bertz CT molecular complexity index is 1330. The van der Waals surface area contributed by atoms with E-state index in [4.69, 9.17) is 39.8 Å². The fourth-order valence-corrected chi connectivity index (χ4v) is 3.55. The molecule has 4 rings (SSSR count). The Balaban J connectivity index is 1.56. The van der Waals surface area contributed by atoms with Gasteiger partial charge in [0.15, 0.2) is 5.69 Å². The zero-order valence-corrected chi connectivity index (χ0v) is 19.3. The molecule has 2 heterocycles. The van der Waals surface area contributed by atoms with Crippen LogP contribution in [0.15, 0.2) is 75.5 Å². The summed E-state index contributed by atoms with van der Waals surface area (Å²) in [5, 5.41) is 26.2. The van der Waals surface area contributed by atoms with Crippen LogP contribution in [0.25, 0.3) is 10.9 Å². The van der Waals surface area contributed by atoms with Gasteiger partial charge in [-0.05, 0) is 66.8 Å². The number of halogens is 2. The lowest BCUT2D eigenvalue weighted by Gasteiger charge is -2.08. The van der Waals surface area contributed by atoms with Crippen LogP contribution in [0.4, 0.5) is 11.4 Å². The summed E-state index contributed by atoms with van der Waals surface area (Å²) in [5.41, 5.74) is 1.29. The molecule has 0 aliphatic heterocycles. The molecule has 2 aromatic heterocycles. The second kappa shape index (κ2) is 10.0. The summed E-state index contributed by atoms with van der Waals surface area (Å²) in [6.45, 7) is 0.179. The first-order valence-corrected chi connectivity index (χ1v) is 10.8. The van der Waals surface area contributed by atoms with Crippen LogP contribution >= 0.6 is 35.4 Å². The number of nitrogens with zero attached hydrogens (tertiary/aromatic N) is 3. The summed E-state index contributed by atoms with van der Waals surface area (Å²) in [6.07, 6.45) is 1.56. The molecule has 0 radical (unpaired) electrons. The van der Waals surface area contributed by atoms with Crippen molar-refractivity contribution in [3.05, 3.63) is 76.7 Å². The minimum Gasteiger partial charge on any atom is -0.493 e. The SMILES string of the molecule is O=C(Cn1c(O)c(N=NC(=S)NCc2ccco2)c2cc(Cl)ccc21)Nc1ccc(Cl)cc1. The topological polar surface area (TPSA) is 104 Å². The molecule has 0 spiro atoms. The summed E-state index contributed by atoms with van der Waals surface area (Å²) >= 11 is 17.2. The van der Waals surface area contributed by atoms with E-state index >= 15 is 0 Å². The number of thiocarbonyl (C=S) groups is 1. The van der Waals surface area contributed by atoms with E-state index in [-0.39, 0.29) is 29.1 Å². The lowest BCUT2D eigenvalue weighted by atomic mass is 10.2. The van der Waals surface area contributed by atoms with Gasteiger partial charge in [0.2, 0.25) is 16.9 Å². The van der Waals surface area contributed by atoms with Crippen LogP contribution < -0.4 is 10.6 Å². The molecule has 168 valence electrons. The average Bonchev–Trinajstić information content (AvgIpc) is 3.39. The molecule has 33 heavy (non-hydrogen) atoms. The van der Waals surface area contributed by atoms with Crippen molar-refractivity contribution in [2.75, 3.05) is 5.32 Å². The minimum absolute atomic E-state index is 0.106. The van der Waals surface area contributed by atoms with E-state index in [2.05, 4.69) is 20.9 Å². The van der Waals surface area contributed by atoms with Gasteiger partial charge in [-0.2, -0.15) is 0 Å². The molecule has 2 aromatic carbocycles. The smallest absolute Gasteiger partial charge is 0.244 e. The predicted octanol–water partition coefficient (Wildman–Crippen LogP) is 6.04. The molecule has 0 aliphatic rings. The maximum absolute atomic E-state index is 12.6. The molecule has 0 aliphatic carbocycles. The van der Waals surface area contributed by atoms with Crippen molar-refractivity contribution in [2.45, 2.75) is 13.1 Å². The number of hydrogen-bond acceptors (Lipinski definition) is 5. The number of carbonyl (C=O) groups excluding carboxylic acids is 1. The summed E-state index contributed by atoms with van der Waals surface area (Å²) in [4.78, 5) is 12.6. The van der Waals surface area contributed by atoms with Crippen LogP contribution in [0.5, 0.6) is 5.88 Å². The van der Waals surface area contributed by atoms with Crippen LogP contribution in [0, 0.1) is 0 Å². The van der Waals surface area contributed by atoms with E-state index in [1.165, 1.54) is 4.57 Å². The first-order chi connectivity index (χ1) is 15.9. The van der Waals surface area contributed by atoms with Crippen LogP contribution in [0.3, 0.4) is 0 Å². The normalized spacial score (nSPS) is 11.2. The first-order valence-electron chi connectivity index (χ1n) is 9.69. The zero-order valence-electron chi connectivity index (χ0n) is 17.0. The van der Waals surface area contributed by atoms with Gasteiger partial charge in [-0.15, -0.1) is 10.2 Å². The van der Waals surface area contributed by atoms with Crippen LogP contribution in [0.2, 0.25) is 10.0 Å². The van der Waals surface area contributed by atoms with Gasteiger partial charge in [0.1, 0.15) is 12.3 Å². The van der Waals surface area contributed by atoms with Gasteiger partial charge in [-0.1, -0.05) is 23.2 Å². The average molecular weight is 502 g/mol. The van der Waals surface area contributed by atoms with Gasteiger partial charge in [0.25, 0.3) is 0 Å². The molecule has 0 unspecified atom stereocenters. The summed E-state index contributed by atoms with van der Waals surface area (Å²) in [5.74, 6) is 0.0974. The Kier molecular flexibility index (Phi) is 6.93. The zero-order chi connectivity index (χ0) is 23.4. The van der Waals surface area contributed by atoms with E-state index in [9.17, 15) is 9.90 Å². The third-order valence-electron chi connectivity index (χ3n) is 4.64. The monoisotopic (exact) mass is 501 g/mol. The summed E-state index contributed by atoms with van der Waals surface area (Å²) in [7, 11) is 0. The molecular formula is C22H17Cl2N5O3S. The number of anilines is 1. The van der Waals surface area contributed by atoms with Crippen molar-refractivity contribution >= 4 is 68.7 Å². The Morgan fingerprint density at radius 2 is 1.88 bits per heavy atom. The number of aromatic nitrogens is 1. The number of aromatic hydroxyl groups is 1. The number of rotatable bonds is 6. The summed E-state index contributed by atoms with van der Waals surface area (Å²) in [6, 6.07) is 15.3. The highest BCUT2D eigenvalue weighted by molar-refractivity contribution is 7.80. The molecule has 0 atom stereocenters. The van der Waals surface area contributed by atoms with E-state index in [1.807, 2.05) is 0 Å². The van der Waals surface area contributed by atoms with Crippen LogP contribution in [-0.4, -0.2) is 20.7 Å². The van der Waals surface area contributed by atoms with Gasteiger partial charge in [-0.25, -0.2) is 0 Å². The molecule has 0 bridgehead atoms. The van der Waals surface area contributed by atoms with Crippen molar-refractivity contribution in [1.29, 1.82) is 0 Å². The lowest BCUT2D eigenvalue weighted by molar-refractivity contribution is -0.116. The molecule has 0 fully saturated rings. The van der Waals surface area contributed by atoms with Gasteiger partial charge in [-0.3, -0.25) is 4.79 Å². The maximum atomic E-state index is 12.6. The maximum Gasteiger partial charge on any atom is 0.244 e. The van der Waals surface area contributed by atoms with Gasteiger partial charge >= 0.3 is 0 Å². The molecule has 0 saturated heterocycles. The lowest BCUT2D eigenvalue weighted by Crippen LogP contribution is -2.18. The van der Waals surface area contributed by atoms with E-state index in [0.29, 0.717) is 38.9 Å². The highest BCUT2D eigenvalue weighted by Crippen LogP contribution is 2.40. The molecular weight excluding hydrogens is 485 g/mol. The van der Waals surface area contributed by atoms with E-state index < -0.39 is 0 Å². The Morgan fingerprint density at radius 3 is 2.61 bits per heavy atom. The Morgan fingerprint density at radius 1 is 1.12 bits per heavy atom. The van der Waals surface area contributed by atoms with Gasteiger partial charge in [0.05, 0.1) is 18.3 Å². The third-order valence-corrected chi connectivity index (χ3v) is 5.35. The number of azo groups is 1. The number of carbonyl (C=O) groups is 1. The van der Waals surface area contributed by atoms with E-state index in [0.717, 1.165) is 0 Å². The predicted molar refractivity (Wildman–Crippen MR) is 131 cm³/mol. The van der Waals surface area contributed by atoms with Gasteiger partial charge < -0.3 is 24.7 Å². The highest BCUT2D eigenvalue weighted by Gasteiger charge is 2.19. The second-order valence-electron chi connectivity index (χ2n) is 6.91. The fraction of sp³-hybridized carbons (Fsp3) is 0.0909. The number of fused-ring (bicyclic) bond motifs is 1. The summed E-state index contributed by atoms with van der Waals surface area (Å²) < 4.78 is 6.65. The molecule has 3 N–H and O–H groups in total. The van der Waals surface area contributed by atoms with Crippen molar-refractivity contribution < 1.29 is 14.3 Å². The number of amides is 1. The van der Waals surface area contributed by atoms with Gasteiger partial charge in [0, 0.05) is 21.1 Å². The number of nitrogens with one attached hydrogen (secondary N) is 2. The molecule has 1 amide bonds. The molecule has 4 aromatic rings. The fourth-order valence-electron chi connectivity index (χ4n) is 3.14. The molecule has 11 heteroatoms. The minimum atomic E-state index is -0.349. The number of hydrogen-bond donors (Lipinski definition) is 3. The third kappa shape index (κ3) is 5.51. The van der Waals surface area contributed by atoms with Crippen molar-refractivity contribution in [3.8, 4) is 5.88 Å². The quantitative estimate of drug-likeness (QED) is 0.220. The van der Waals surface area contributed by atoms with Crippen molar-refractivity contribution in [3.63, 3.8) is 0 Å². The molecule has 0 saturated carbocycles.